The molecule has 3 rings (SSSR count). The second-order valence-corrected chi connectivity index (χ2v) is 5.09. The maximum Gasteiger partial charge on any atom is 0.181 e. The van der Waals surface area contributed by atoms with Crippen LogP contribution >= 0.6 is 0 Å². The minimum absolute atomic E-state index is 0.158. The molecule has 22 heavy (non-hydrogen) atoms. The molecule has 0 aliphatic carbocycles. The molecule has 1 aromatic heterocycles. The molecule has 0 fully saturated rings. The van der Waals surface area contributed by atoms with Crippen LogP contribution in [0.4, 0.5) is 10.1 Å². The lowest BCUT2D eigenvalue weighted by molar-refractivity contribution is 0.610. The molecule has 0 aliphatic heterocycles. The van der Waals surface area contributed by atoms with Crippen LogP contribution in [0.1, 0.15) is 11.4 Å². The second kappa shape index (κ2) is 6.39. The van der Waals surface area contributed by atoms with Gasteiger partial charge in [0.25, 0.3) is 0 Å². The van der Waals surface area contributed by atoms with Crippen LogP contribution in [0.25, 0.3) is 11.4 Å². The average Bonchev–Trinajstić information content (AvgIpc) is 2.96. The number of benzene rings is 2. The molecule has 0 saturated heterocycles. The highest BCUT2D eigenvalue weighted by atomic mass is 19.1. The van der Waals surface area contributed by atoms with Gasteiger partial charge in [0.15, 0.2) is 5.82 Å². The molecule has 0 unspecified atom stereocenters. The number of hydrogen-bond acceptors (Lipinski definition) is 3. The van der Waals surface area contributed by atoms with Crippen molar-refractivity contribution in [1.82, 2.24) is 15.2 Å². The van der Waals surface area contributed by atoms with Crippen LogP contribution < -0.4 is 5.32 Å². The fourth-order valence-electron chi connectivity index (χ4n) is 2.28. The molecule has 0 radical (unpaired) electrons. The zero-order chi connectivity index (χ0) is 15.4. The predicted octanol–water partition coefficient (Wildman–Crippen LogP) is 3.57. The summed E-state index contributed by atoms with van der Waals surface area (Å²) in [5.74, 6) is 1.30. The Kier molecular flexibility index (Phi) is 4.14. The van der Waals surface area contributed by atoms with E-state index in [4.69, 9.17) is 0 Å². The Morgan fingerprint density at radius 3 is 2.77 bits per heavy atom. The topological polar surface area (TPSA) is 53.6 Å². The van der Waals surface area contributed by atoms with Gasteiger partial charge in [0.2, 0.25) is 0 Å². The summed E-state index contributed by atoms with van der Waals surface area (Å²) in [5.41, 5.74) is 2.63. The molecule has 1 heterocycles. The molecular formula is C17H17FN4. The van der Waals surface area contributed by atoms with E-state index in [1.165, 1.54) is 6.07 Å². The number of halogens is 1. The molecule has 3 aromatic rings. The standard InChI is InChI=1S/C17H17FN4/c1-12-20-17(22-21-12)14-6-4-7-15(11-14)19-10-9-13-5-2-3-8-16(13)18/h2-8,11,19H,9-10H2,1H3,(H,20,21,22). The molecule has 4 nitrogen and oxygen atoms in total. The normalized spacial score (nSPS) is 10.6. The summed E-state index contributed by atoms with van der Waals surface area (Å²) < 4.78 is 13.6. The Morgan fingerprint density at radius 2 is 2.00 bits per heavy atom. The van der Waals surface area contributed by atoms with E-state index in [-0.39, 0.29) is 5.82 Å². The van der Waals surface area contributed by atoms with Crippen molar-refractivity contribution in [3.8, 4) is 11.4 Å². The van der Waals surface area contributed by atoms with Gasteiger partial charge >= 0.3 is 0 Å². The molecule has 112 valence electrons. The van der Waals surface area contributed by atoms with Gasteiger partial charge in [-0.2, -0.15) is 5.10 Å². The van der Waals surface area contributed by atoms with Crippen LogP contribution in [0.3, 0.4) is 0 Å². The number of rotatable bonds is 5. The highest BCUT2D eigenvalue weighted by molar-refractivity contribution is 5.62. The summed E-state index contributed by atoms with van der Waals surface area (Å²) in [6.07, 6.45) is 0.636. The molecule has 0 saturated carbocycles. The van der Waals surface area contributed by atoms with Crippen LogP contribution in [0.5, 0.6) is 0 Å². The first-order valence-corrected chi connectivity index (χ1v) is 7.19. The average molecular weight is 296 g/mol. The van der Waals surface area contributed by atoms with Gasteiger partial charge in [0.05, 0.1) is 0 Å². The Bertz CT molecular complexity index is 767. The minimum atomic E-state index is -0.158. The minimum Gasteiger partial charge on any atom is -0.385 e. The third-order valence-corrected chi connectivity index (χ3v) is 3.40. The summed E-state index contributed by atoms with van der Waals surface area (Å²) >= 11 is 0. The maximum atomic E-state index is 13.6. The van der Waals surface area contributed by atoms with Crippen LogP contribution in [0, 0.1) is 12.7 Å². The third-order valence-electron chi connectivity index (χ3n) is 3.40. The highest BCUT2D eigenvalue weighted by Crippen LogP contribution is 2.19. The van der Waals surface area contributed by atoms with Gasteiger partial charge in [-0.3, -0.25) is 5.10 Å². The van der Waals surface area contributed by atoms with E-state index in [2.05, 4.69) is 20.5 Å². The lowest BCUT2D eigenvalue weighted by Gasteiger charge is -2.08. The van der Waals surface area contributed by atoms with Gasteiger partial charge in [-0.15, -0.1) is 0 Å². The summed E-state index contributed by atoms with van der Waals surface area (Å²) in [7, 11) is 0. The van der Waals surface area contributed by atoms with Gasteiger partial charge in [0, 0.05) is 17.8 Å². The van der Waals surface area contributed by atoms with Gasteiger partial charge < -0.3 is 5.32 Å². The molecule has 5 heteroatoms. The number of H-pyrrole nitrogens is 1. The van der Waals surface area contributed by atoms with Crippen molar-refractivity contribution >= 4 is 5.69 Å². The molecule has 0 atom stereocenters. The molecule has 2 aromatic carbocycles. The van der Waals surface area contributed by atoms with Gasteiger partial charge in [-0.1, -0.05) is 30.3 Å². The van der Waals surface area contributed by atoms with Gasteiger partial charge in [0.1, 0.15) is 11.6 Å². The van der Waals surface area contributed by atoms with Crippen molar-refractivity contribution < 1.29 is 4.39 Å². The molecule has 0 aliphatic rings. The zero-order valence-electron chi connectivity index (χ0n) is 12.3. The van der Waals surface area contributed by atoms with E-state index >= 15 is 0 Å². The van der Waals surface area contributed by atoms with E-state index in [1.807, 2.05) is 43.3 Å². The third kappa shape index (κ3) is 3.31. The van der Waals surface area contributed by atoms with Crippen molar-refractivity contribution in [2.45, 2.75) is 13.3 Å². The van der Waals surface area contributed by atoms with Gasteiger partial charge in [-0.05, 0) is 37.1 Å². The number of aromatic amines is 1. The van der Waals surface area contributed by atoms with E-state index in [0.29, 0.717) is 18.8 Å². The number of anilines is 1. The summed E-state index contributed by atoms with van der Waals surface area (Å²) in [4.78, 5) is 4.32. The maximum absolute atomic E-state index is 13.6. The SMILES string of the molecule is Cc1nc(-c2cccc(NCCc3ccccc3F)c2)n[nH]1. The Labute approximate surface area is 128 Å². The van der Waals surface area contributed by atoms with Crippen LogP contribution in [0.15, 0.2) is 48.5 Å². The first kappa shape index (κ1) is 14.3. The molecular weight excluding hydrogens is 279 g/mol. The first-order valence-electron chi connectivity index (χ1n) is 7.19. The zero-order valence-corrected chi connectivity index (χ0v) is 12.3. The van der Waals surface area contributed by atoms with Crippen molar-refractivity contribution in [2.24, 2.45) is 0 Å². The Hall–Kier alpha value is -2.69. The van der Waals surface area contributed by atoms with E-state index < -0.39 is 0 Å². The van der Waals surface area contributed by atoms with Crippen molar-refractivity contribution in [1.29, 1.82) is 0 Å². The fraction of sp³-hybridized carbons (Fsp3) is 0.176. The number of nitrogens with one attached hydrogen (secondary N) is 2. The Balaban J connectivity index is 1.65. The molecule has 0 bridgehead atoms. The number of nitrogens with zero attached hydrogens (tertiary/aromatic N) is 2. The smallest absolute Gasteiger partial charge is 0.181 e. The summed E-state index contributed by atoms with van der Waals surface area (Å²) in [5, 5.41) is 10.3. The molecule has 0 spiro atoms. The van der Waals surface area contributed by atoms with Crippen molar-refractivity contribution in [3.05, 3.63) is 65.7 Å². The molecule has 0 amide bonds. The summed E-state index contributed by atoms with van der Waals surface area (Å²) in [6.45, 7) is 2.53. The lowest BCUT2D eigenvalue weighted by Crippen LogP contribution is -2.06. The van der Waals surface area contributed by atoms with E-state index in [0.717, 1.165) is 22.6 Å². The van der Waals surface area contributed by atoms with Crippen LogP contribution in [-0.2, 0) is 6.42 Å². The van der Waals surface area contributed by atoms with Crippen LogP contribution in [0.2, 0.25) is 0 Å². The first-order chi connectivity index (χ1) is 10.7. The number of hydrogen-bond donors (Lipinski definition) is 2. The lowest BCUT2D eigenvalue weighted by atomic mass is 10.1. The Morgan fingerprint density at radius 1 is 1.14 bits per heavy atom. The predicted molar refractivity (Wildman–Crippen MR) is 85.1 cm³/mol. The second-order valence-electron chi connectivity index (χ2n) is 5.09. The molecule has 2 N–H and O–H groups in total. The fourth-order valence-corrected chi connectivity index (χ4v) is 2.28. The van der Waals surface area contributed by atoms with Gasteiger partial charge in [-0.25, -0.2) is 9.37 Å². The number of aryl methyl sites for hydroxylation is 1. The van der Waals surface area contributed by atoms with Crippen molar-refractivity contribution in [3.63, 3.8) is 0 Å². The highest BCUT2D eigenvalue weighted by Gasteiger charge is 2.05. The largest absolute Gasteiger partial charge is 0.385 e. The monoisotopic (exact) mass is 296 g/mol. The number of aromatic nitrogens is 3. The van der Waals surface area contributed by atoms with E-state index in [9.17, 15) is 4.39 Å². The quantitative estimate of drug-likeness (QED) is 0.756. The van der Waals surface area contributed by atoms with Crippen LogP contribution in [-0.4, -0.2) is 21.7 Å². The van der Waals surface area contributed by atoms with E-state index in [1.54, 1.807) is 6.07 Å². The van der Waals surface area contributed by atoms with Crippen molar-refractivity contribution in [2.75, 3.05) is 11.9 Å². The summed E-state index contributed by atoms with van der Waals surface area (Å²) in [6, 6.07) is 14.7.